The van der Waals surface area contributed by atoms with Gasteiger partial charge in [-0.05, 0) is 56.6 Å². The number of piperazine rings is 1. The van der Waals surface area contributed by atoms with Gasteiger partial charge in [0.2, 0.25) is 0 Å². The van der Waals surface area contributed by atoms with E-state index in [1.807, 2.05) is 48.2 Å². The van der Waals surface area contributed by atoms with Crippen LogP contribution in [0.3, 0.4) is 0 Å². The summed E-state index contributed by atoms with van der Waals surface area (Å²) in [6.45, 7) is 3.68. The lowest BCUT2D eigenvalue weighted by molar-refractivity contribution is 0.0650. The van der Waals surface area contributed by atoms with Gasteiger partial charge in [0, 0.05) is 48.9 Å². The number of carbonyl (C=O) groups is 2. The van der Waals surface area contributed by atoms with E-state index in [2.05, 4.69) is 17.3 Å². The van der Waals surface area contributed by atoms with E-state index in [0.717, 1.165) is 36.2 Å². The minimum Gasteiger partial charge on any atom is -0.493 e. The monoisotopic (exact) mass is 491 g/mol. The zero-order valence-corrected chi connectivity index (χ0v) is 21.4. The number of likely N-dealkylation sites (N-methyl/N-ethyl adjacent to an activating group) is 1. The Hall–Kier alpha value is -3.59. The van der Waals surface area contributed by atoms with Gasteiger partial charge in [-0.2, -0.15) is 5.10 Å². The Bertz CT molecular complexity index is 1210. The number of methoxy groups -OCH3 is 2. The van der Waals surface area contributed by atoms with Crippen LogP contribution in [0, 0.1) is 0 Å². The molecule has 1 N–H and O–H groups in total. The molecule has 3 aliphatic rings. The lowest BCUT2D eigenvalue weighted by Crippen LogP contribution is -2.47. The van der Waals surface area contributed by atoms with Crippen LogP contribution in [0.4, 0.5) is 4.79 Å². The van der Waals surface area contributed by atoms with Gasteiger partial charge in [-0.1, -0.05) is 12.1 Å². The van der Waals surface area contributed by atoms with Crippen molar-refractivity contribution >= 4 is 17.6 Å². The summed E-state index contributed by atoms with van der Waals surface area (Å²) in [5.74, 6) is 1.28. The molecule has 1 unspecified atom stereocenters. The lowest BCUT2D eigenvalue weighted by atomic mass is 9.93. The number of amides is 3. The molecule has 2 saturated heterocycles. The third-order valence-corrected chi connectivity index (χ3v) is 7.61. The number of carbonyl (C=O) groups excluding carboxylic acids is 2. The lowest BCUT2D eigenvalue weighted by Gasteiger charge is -2.32. The SMILES string of the molecule is CNC(=O)N1N=C(c2ccc(C(=O)N3C[C@@H]4C[C@H]3CN4C)cc2)c2cc(OC)c(OC)cc2CC1C. The Kier molecular flexibility index (Phi) is 6.34. The average Bonchev–Trinajstić information content (AvgIpc) is 3.44. The van der Waals surface area contributed by atoms with Gasteiger partial charge < -0.3 is 19.7 Å². The second-order valence-corrected chi connectivity index (χ2v) is 9.78. The van der Waals surface area contributed by atoms with Crippen LogP contribution in [-0.4, -0.2) is 92.0 Å². The molecule has 2 aromatic carbocycles. The Morgan fingerprint density at radius 2 is 1.72 bits per heavy atom. The van der Waals surface area contributed by atoms with Crippen molar-refractivity contribution < 1.29 is 19.1 Å². The number of nitrogens with one attached hydrogen (secondary N) is 1. The number of likely N-dealkylation sites (tertiary alicyclic amines) is 2. The Morgan fingerprint density at radius 1 is 1.03 bits per heavy atom. The fraction of sp³-hybridized carbons (Fsp3) is 0.444. The maximum Gasteiger partial charge on any atom is 0.337 e. The van der Waals surface area contributed by atoms with E-state index in [1.54, 1.807) is 21.3 Å². The molecule has 9 nitrogen and oxygen atoms in total. The molecule has 3 heterocycles. The zero-order chi connectivity index (χ0) is 25.6. The number of hydrogen-bond acceptors (Lipinski definition) is 6. The van der Waals surface area contributed by atoms with Crippen molar-refractivity contribution in [3.8, 4) is 11.5 Å². The summed E-state index contributed by atoms with van der Waals surface area (Å²) in [5, 5.41) is 8.96. The van der Waals surface area contributed by atoms with Gasteiger partial charge in [0.05, 0.1) is 26.0 Å². The standard InChI is InChI=1S/C27H33N5O4/c1-16-10-19-11-23(35-4)24(36-5)13-22(19)25(29-32(16)27(34)28-2)17-6-8-18(9-7-17)26(33)31-15-20-12-21(31)14-30(20)3/h6-9,11,13,16,20-21H,10,12,14-15H2,1-5H3,(H,28,34)/t16?,20-,21-/m0/s1. The highest BCUT2D eigenvalue weighted by atomic mass is 16.5. The van der Waals surface area contributed by atoms with Gasteiger partial charge in [-0.3, -0.25) is 9.69 Å². The first-order chi connectivity index (χ1) is 17.3. The molecular weight excluding hydrogens is 458 g/mol. The van der Waals surface area contributed by atoms with E-state index in [9.17, 15) is 9.59 Å². The maximum absolute atomic E-state index is 13.2. The van der Waals surface area contributed by atoms with E-state index in [4.69, 9.17) is 14.6 Å². The summed E-state index contributed by atoms with van der Waals surface area (Å²) >= 11 is 0. The minimum absolute atomic E-state index is 0.0670. The maximum atomic E-state index is 13.2. The normalized spacial score (nSPS) is 23.1. The third-order valence-electron chi connectivity index (χ3n) is 7.61. The molecule has 5 rings (SSSR count). The molecule has 0 saturated carbocycles. The van der Waals surface area contributed by atoms with Crippen LogP contribution in [0.2, 0.25) is 0 Å². The summed E-state index contributed by atoms with van der Waals surface area (Å²) in [7, 11) is 6.92. The molecular formula is C27H33N5O4. The Balaban J connectivity index is 1.52. The van der Waals surface area contributed by atoms with Crippen molar-refractivity contribution in [2.24, 2.45) is 5.10 Å². The van der Waals surface area contributed by atoms with Crippen molar-refractivity contribution in [1.29, 1.82) is 0 Å². The van der Waals surface area contributed by atoms with Crippen LogP contribution in [-0.2, 0) is 6.42 Å². The molecule has 9 heteroatoms. The summed E-state index contributed by atoms with van der Waals surface area (Å²) in [6, 6.07) is 11.7. The quantitative estimate of drug-likeness (QED) is 0.711. The van der Waals surface area contributed by atoms with Gasteiger partial charge in [0.1, 0.15) is 0 Å². The van der Waals surface area contributed by atoms with E-state index >= 15 is 0 Å². The molecule has 2 bridgehead atoms. The van der Waals surface area contributed by atoms with Gasteiger partial charge in [0.15, 0.2) is 11.5 Å². The summed E-state index contributed by atoms with van der Waals surface area (Å²) in [4.78, 5) is 30.3. The predicted molar refractivity (Wildman–Crippen MR) is 137 cm³/mol. The first kappa shape index (κ1) is 24.1. The number of fused-ring (bicyclic) bond motifs is 3. The molecule has 0 spiro atoms. The second kappa shape index (κ2) is 9.46. The van der Waals surface area contributed by atoms with Crippen LogP contribution in [0.5, 0.6) is 11.5 Å². The van der Waals surface area contributed by atoms with Crippen LogP contribution in [0.15, 0.2) is 41.5 Å². The third kappa shape index (κ3) is 4.07. The summed E-state index contributed by atoms with van der Waals surface area (Å²) < 4.78 is 11.1. The van der Waals surface area contributed by atoms with Crippen LogP contribution < -0.4 is 14.8 Å². The first-order valence-electron chi connectivity index (χ1n) is 12.3. The molecule has 2 fully saturated rings. The first-order valence-corrected chi connectivity index (χ1v) is 12.3. The number of hydrogen-bond donors (Lipinski definition) is 1. The van der Waals surface area contributed by atoms with Gasteiger partial charge >= 0.3 is 6.03 Å². The fourth-order valence-corrected chi connectivity index (χ4v) is 5.60. The van der Waals surface area contributed by atoms with Crippen molar-refractivity contribution in [3.05, 3.63) is 58.7 Å². The predicted octanol–water partition coefficient (Wildman–Crippen LogP) is 2.57. The topological polar surface area (TPSA) is 86.7 Å². The summed E-state index contributed by atoms with van der Waals surface area (Å²) in [5.41, 5.74) is 3.98. The van der Waals surface area contributed by atoms with Gasteiger partial charge in [-0.15, -0.1) is 0 Å². The number of benzene rings is 2. The number of ether oxygens (including phenoxy) is 2. The van der Waals surface area contributed by atoms with E-state index in [0.29, 0.717) is 35.2 Å². The van der Waals surface area contributed by atoms with Crippen molar-refractivity contribution in [2.75, 3.05) is 41.4 Å². The summed E-state index contributed by atoms with van der Waals surface area (Å²) in [6.07, 6.45) is 1.64. The molecule has 36 heavy (non-hydrogen) atoms. The molecule has 2 aromatic rings. The van der Waals surface area contributed by atoms with Crippen molar-refractivity contribution in [3.63, 3.8) is 0 Å². The number of nitrogens with zero attached hydrogens (tertiary/aromatic N) is 4. The van der Waals surface area contributed by atoms with Gasteiger partial charge in [0.25, 0.3) is 5.91 Å². The minimum atomic E-state index is -0.285. The Morgan fingerprint density at radius 3 is 2.31 bits per heavy atom. The average molecular weight is 492 g/mol. The molecule has 3 atom stereocenters. The fourth-order valence-electron chi connectivity index (χ4n) is 5.60. The van der Waals surface area contributed by atoms with E-state index in [-0.39, 0.29) is 24.0 Å². The molecule has 0 radical (unpaired) electrons. The van der Waals surface area contributed by atoms with Crippen LogP contribution in [0.1, 0.15) is 40.4 Å². The highest BCUT2D eigenvalue weighted by Gasteiger charge is 2.43. The number of urea groups is 1. The number of hydrazone groups is 1. The number of rotatable bonds is 4. The smallest absolute Gasteiger partial charge is 0.337 e. The molecule has 0 aromatic heterocycles. The highest BCUT2D eigenvalue weighted by molar-refractivity contribution is 6.15. The molecule has 3 aliphatic heterocycles. The highest BCUT2D eigenvalue weighted by Crippen LogP contribution is 2.35. The van der Waals surface area contributed by atoms with Gasteiger partial charge in [-0.25, -0.2) is 9.80 Å². The molecule has 3 amide bonds. The molecule has 0 aliphatic carbocycles. The Labute approximate surface area is 211 Å². The van der Waals surface area contributed by atoms with Crippen LogP contribution in [0.25, 0.3) is 0 Å². The largest absolute Gasteiger partial charge is 0.493 e. The van der Waals surface area contributed by atoms with E-state index < -0.39 is 0 Å². The zero-order valence-electron chi connectivity index (χ0n) is 21.4. The molecule has 190 valence electrons. The van der Waals surface area contributed by atoms with E-state index in [1.165, 1.54) is 5.01 Å². The van der Waals surface area contributed by atoms with Crippen LogP contribution >= 0.6 is 0 Å². The second-order valence-electron chi connectivity index (χ2n) is 9.78. The van der Waals surface area contributed by atoms with Crippen molar-refractivity contribution in [1.82, 2.24) is 20.1 Å². The van der Waals surface area contributed by atoms with Crippen molar-refractivity contribution in [2.45, 2.75) is 37.9 Å².